The monoisotopic (exact) mass is 439 g/mol. The van der Waals surface area contributed by atoms with Crippen LogP contribution >= 0.6 is 11.3 Å². The highest BCUT2D eigenvalue weighted by Crippen LogP contribution is 2.52. The highest BCUT2D eigenvalue weighted by Gasteiger charge is 2.47. The molecule has 1 spiro atoms. The maximum atomic E-state index is 13.2. The normalized spacial score (nSPS) is 25.5. The molecule has 4 heterocycles. The molecule has 2 unspecified atom stereocenters. The third-order valence-electron chi connectivity index (χ3n) is 7.42. The fraction of sp³-hybridized carbons (Fsp3) is 0.625. The van der Waals surface area contributed by atoms with E-state index in [0.717, 1.165) is 35.2 Å². The van der Waals surface area contributed by atoms with Crippen LogP contribution in [0.3, 0.4) is 0 Å². The average molecular weight is 440 g/mol. The molecule has 6 nitrogen and oxygen atoms in total. The second-order valence-corrected chi connectivity index (χ2v) is 10.9. The van der Waals surface area contributed by atoms with Crippen LogP contribution in [0.15, 0.2) is 30.6 Å². The first-order chi connectivity index (χ1) is 15.0. The van der Waals surface area contributed by atoms with Crippen molar-refractivity contribution in [2.45, 2.75) is 51.6 Å². The van der Waals surface area contributed by atoms with Gasteiger partial charge in [-0.3, -0.25) is 14.7 Å². The summed E-state index contributed by atoms with van der Waals surface area (Å²) in [6.45, 7) is 7.25. The molecule has 2 saturated heterocycles. The van der Waals surface area contributed by atoms with Gasteiger partial charge in [0.1, 0.15) is 4.88 Å². The van der Waals surface area contributed by atoms with Gasteiger partial charge < -0.3 is 9.80 Å². The zero-order valence-electron chi connectivity index (χ0n) is 18.7. The van der Waals surface area contributed by atoms with Gasteiger partial charge in [-0.25, -0.2) is 4.98 Å². The number of hydrogen-bond acceptors (Lipinski definition) is 6. The summed E-state index contributed by atoms with van der Waals surface area (Å²) in [6, 6.07) is 6.55. The summed E-state index contributed by atoms with van der Waals surface area (Å²) in [6.07, 6.45) is 10.3. The molecule has 31 heavy (non-hydrogen) atoms. The van der Waals surface area contributed by atoms with Gasteiger partial charge in [-0.05, 0) is 62.1 Å². The Morgan fingerprint density at radius 2 is 2.13 bits per heavy atom. The zero-order chi connectivity index (χ0) is 21.4. The summed E-state index contributed by atoms with van der Waals surface area (Å²) in [4.78, 5) is 29.7. The van der Waals surface area contributed by atoms with E-state index in [1.807, 2.05) is 30.1 Å². The first-order valence-corrected chi connectivity index (χ1v) is 12.4. The Morgan fingerprint density at radius 3 is 2.87 bits per heavy atom. The number of carbonyl (C=O) groups is 1. The molecule has 5 rings (SSSR count). The molecule has 7 heteroatoms. The highest BCUT2D eigenvalue weighted by atomic mass is 32.1. The van der Waals surface area contributed by atoms with Crippen LogP contribution in [-0.4, -0.2) is 64.9 Å². The first kappa shape index (κ1) is 20.9. The van der Waals surface area contributed by atoms with E-state index in [-0.39, 0.29) is 5.91 Å². The van der Waals surface area contributed by atoms with Gasteiger partial charge in [-0.15, -0.1) is 0 Å². The Balaban J connectivity index is 1.18. The van der Waals surface area contributed by atoms with Gasteiger partial charge in [0.05, 0.1) is 18.4 Å². The van der Waals surface area contributed by atoms with Crippen molar-refractivity contribution < 1.29 is 4.79 Å². The largest absolute Gasteiger partial charge is 0.345 e. The van der Waals surface area contributed by atoms with E-state index in [4.69, 9.17) is 0 Å². The van der Waals surface area contributed by atoms with E-state index < -0.39 is 0 Å². The third-order valence-corrected chi connectivity index (χ3v) is 8.52. The van der Waals surface area contributed by atoms with Gasteiger partial charge >= 0.3 is 0 Å². The molecule has 2 aliphatic heterocycles. The molecule has 0 aromatic carbocycles. The number of rotatable bonds is 5. The molecule has 1 saturated carbocycles. The lowest BCUT2D eigenvalue weighted by Crippen LogP contribution is -2.54. The number of amides is 1. The lowest BCUT2D eigenvalue weighted by Gasteiger charge is -2.45. The number of nitrogens with zero attached hydrogens (tertiary/aromatic N) is 5. The Morgan fingerprint density at radius 1 is 1.26 bits per heavy atom. The third kappa shape index (κ3) is 4.48. The number of thiazole rings is 1. The standard InChI is InChI=1S/C24H33N5OS/c1-18-15-28(13-7-20(18)29-12-5-8-24(17-29)9-10-24)22(30)21-14-26-23(31-21)27(2)16-19-6-3-4-11-25-19/h3-4,6,11,14,18,20H,5,7-10,12-13,15-17H2,1-2H3. The van der Waals surface area contributed by atoms with Crippen molar-refractivity contribution in [1.29, 1.82) is 0 Å². The summed E-state index contributed by atoms with van der Waals surface area (Å²) in [5.74, 6) is 0.656. The summed E-state index contributed by atoms with van der Waals surface area (Å²) in [7, 11) is 2.00. The van der Waals surface area contributed by atoms with Crippen LogP contribution in [0.1, 0.15) is 54.4 Å². The summed E-state index contributed by atoms with van der Waals surface area (Å²) in [5.41, 5.74) is 1.65. The molecule has 2 aromatic rings. The fourth-order valence-electron chi connectivity index (χ4n) is 5.47. The number of anilines is 1. The summed E-state index contributed by atoms with van der Waals surface area (Å²) in [5, 5.41) is 0.861. The second kappa shape index (κ2) is 8.51. The van der Waals surface area contributed by atoms with Crippen molar-refractivity contribution in [3.05, 3.63) is 41.2 Å². The number of piperidine rings is 2. The number of carbonyl (C=O) groups excluding carboxylic acids is 1. The summed E-state index contributed by atoms with van der Waals surface area (Å²) >= 11 is 1.49. The lowest BCUT2D eigenvalue weighted by atomic mass is 9.87. The molecular weight excluding hydrogens is 406 g/mol. The molecule has 2 atom stereocenters. The van der Waals surface area contributed by atoms with Crippen molar-refractivity contribution in [3.63, 3.8) is 0 Å². The van der Waals surface area contributed by atoms with Crippen LogP contribution in [0, 0.1) is 11.3 Å². The van der Waals surface area contributed by atoms with Crippen molar-refractivity contribution >= 4 is 22.4 Å². The van der Waals surface area contributed by atoms with Crippen LogP contribution in [0.5, 0.6) is 0 Å². The Kier molecular flexibility index (Phi) is 5.73. The number of hydrogen-bond donors (Lipinski definition) is 0. The van der Waals surface area contributed by atoms with Crippen LogP contribution in [0.25, 0.3) is 0 Å². The molecule has 166 valence electrons. The molecular formula is C24H33N5OS. The Labute approximate surface area is 189 Å². The van der Waals surface area contributed by atoms with Crippen LogP contribution in [0.4, 0.5) is 5.13 Å². The first-order valence-electron chi connectivity index (χ1n) is 11.6. The van der Waals surface area contributed by atoms with Gasteiger partial charge in [0.15, 0.2) is 5.13 Å². The zero-order valence-corrected chi connectivity index (χ0v) is 19.5. The van der Waals surface area contributed by atoms with E-state index in [2.05, 4.69) is 26.7 Å². The quantitative estimate of drug-likeness (QED) is 0.707. The molecule has 1 aliphatic carbocycles. The van der Waals surface area contributed by atoms with Crippen molar-refractivity contribution in [2.24, 2.45) is 11.3 Å². The van der Waals surface area contributed by atoms with E-state index in [1.54, 1.807) is 12.4 Å². The molecule has 3 aliphatic rings. The van der Waals surface area contributed by atoms with Gasteiger partial charge in [0.2, 0.25) is 0 Å². The van der Waals surface area contributed by atoms with Gasteiger partial charge in [-0.2, -0.15) is 0 Å². The fourth-order valence-corrected chi connectivity index (χ4v) is 6.32. The minimum absolute atomic E-state index is 0.137. The molecule has 1 amide bonds. The van der Waals surface area contributed by atoms with E-state index in [9.17, 15) is 4.79 Å². The molecule has 2 aromatic heterocycles. The molecule has 0 bridgehead atoms. The van der Waals surface area contributed by atoms with Gasteiger partial charge in [-0.1, -0.05) is 24.3 Å². The topological polar surface area (TPSA) is 52.6 Å². The smallest absolute Gasteiger partial charge is 0.265 e. The lowest BCUT2D eigenvalue weighted by molar-refractivity contribution is 0.0277. The number of likely N-dealkylation sites (tertiary alicyclic amines) is 2. The SMILES string of the molecule is CC1CN(C(=O)c2cnc(N(C)Cc3ccccn3)s2)CCC1N1CCCC2(CC2)C1. The van der Waals surface area contributed by atoms with E-state index in [0.29, 0.717) is 23.9 Å². The van der Waals surface area contributed by atoms with E-state index in [1.165, 1.54) is 50.1 Å². The maximum Gasteiger partial charge on any atom is 0.265 e. The van der Waals surface area contributed by atoms with Gasteiger partial charge in [0, 0.05) is 38.9 Å². The number of aromatic nitrogens is 2. The van der Waals surface area contributed by atoms with Crippen molar-refractivity contribution in [3.8, 4) is 0 Å². The minimum atomic E-state index is 0.137. The average Bonchev–Trinajstić information content (AvgIpc) is 3.33. The molecule has 0 radical (unpaired) electrons. The predicted molar refractivity (Wildman–Crippen MR) is 124 cm³/mol. The van der Waals surface area contributed by atoms with Crippen LogP contribution in [0.2, 0.25) is 0 Å². The predicted octanol–water partition coefficient (Wildman–Crippen LogP) is 3.90. The number of pyridine rings is 1. The van der Waals surface area contributed by atoms with E-state index >= 15 is 0 Å². The van der Waals surface area contributed by atoms with Crippen molar-refractivity contribution in [2.75, 3.05) is 38.1 Å². The molecule has 3 fully saturated rings. The highest BCUT2D eigenvalue weighted by molar-refractivity contribution is 7.17. The second-order valence-electron chi connectivity index (χ2n) is 9.84. The Bertz CT molecular complexity index is 912. The Hall–Kier alpha value is -1.99. The van der Waals surface area contributed by atoms with Crippen molar-refractivity contribution in [1.82, 2.24) is 19.8 Å². The van der Waals surface area contributed by atoms with Crippen LogP contribution in [-0.2, 0) is 6.54 Å². The summed E-state index contributed by atoms with van der Waals surface area (Å²) < 4.78 is 0. The maximum absolute atomic E-state index is 13.2. The molecule has 0 N–H and O–H groups in total. The van der Waals surface area contributed by atoms with Gasteiger partial charge in [0.25, 0.3) is 5.91 Å². The minimum Gasteiger partial charge on any atom is -0.345 e. The van der Waals surface area contributed by atoms with Crippen LogP contribution < -0.4 is 4.90 Å².